The van der Waals surface area contributed by atoms with Crippen molar-refractivity contribution in [1.82, 2.24) is 9.78 Å². The summed E-state index contributed by atoms with van der Waals surface area (Å²) in [6, 6.07) is 8.25. The van der Waals surface area contributed by atoms with Crippen LogP contribution in [0, 0.1) is 11.3 Å². The molecule has 0 fully saturated rings. The van der Waals surface area contributed by atoms with Crippen molar-refractivity contribution < 1.29 is 9.53 Å². The molecule has 0 aliphatic heterocycles. The minimum Gasteiger partial charge on any atom is -0.467 e. The first-order chi connectivity index (χ1) is 10.8. The van der Waals surface area contributed by atoms with E-state index in [1.807, 2.05) is 31.6 Å². The van der Waals surface area contributed by atoms with E-state index >= 15 is 0 Å². The van der Waals surface area contributed by atoms with Gasteiger partial charge in [-0.25, -0.2) is 4.79 Å². The van der Waals surface area contributed by atoms with Gasteiger partial charge in [0.25, 0.3) is 0 Å². The Balaban J connectivity index is 2.31. The monoisotopic (exact) mass is 312 g/mol. The van der Waals surface area contributed by atoms with Crippen LogP contribution in [0.2, 0.25) is 0 Å². The van der Waals surface area contributed by atoms with E-state index < -0.39 is 12.0 Å². The summed E-state index contributed by atoms with van der Waals surface area (Å²) in [7, 11) is 1.34. The second-order valence-electron chi connectivity index (χ2n) is 6.18. The van der Waals surface area contributed by atoms with Gasteiger partial charge in [0.1, 0.15) is 0 Å². The van der Waals surface area contributed by atoms with Gasteiger partial charge in [0.15, 0.2) is 6.04 Å². The van der Waals surface area contributed by atoms with E-state index in [1.54, 1.807) is 30.5 Å². The summed E-state index contributed by atoms with van der Waals surface area (Å²) in [5, 5.41) is 16.4. The van der Waals surface area contributed by atoms with Gasteiger partial charge in [-0.1, -0.05) is 12.1 Å². The SMILES string of the molecule is COC(=O)C(Nc1cnn(C(C)(C)C)c1)c1cccc(C#N)c1. The Morgan fingerprint density at radius 2 is 2.17 bits per heavy atom. The summed E-state index contributed by atoms with van der Waals surface area (Å²) in [4.78, 5) is 12.1. The van der Waals surface area contributed by atoms with Crippen molar-refractivity contribution in [2.45, 2.75) is 32.4 Å². The largest absolute Gasteiger partial charge is 0.467 e. The summed E-state index contributed by atoms with van der Waals surface area (Å²) >= 11 is 0. The van der Waals surface area contributed by atoms with Crippen molar-refractivity contribution >= 4 is 11.7 Å². The number of rotatable bonds is 4. The molecule has 1 aromatic carbocycles. The molecule has 23 heavy (non-hydrogen) atoms. The highest BCUT2D eigenvalue weighted by atomic mass is 16.5. The summed E-state index contributed by atoms with van der Waals surface area (Å²) in [6.07, 6.45) is 3.50. The minimum atomic E-state index is -0.703. The number of ether oxygens (including phenoxy) is 1. The molecule has 1 N–H and O–H groups in total. The van der Waals surface area contributed by atoms with Gasteiger partial charge in [0.2, 0.25) is 0 Å². The summed E-state index contributed by atoms with van der Waals surface area (Å²) in [5.41, 5.74) is 1.71. The first-order valence-corrected chi connectivity index (χ1v) is 7.24. The molecule has 1 heterocycles. The number of hydrogen-bond acceptors (Lipinski definition) is 5. The normalized spacial score (nSPS) is 12.3. The zero-order chi connectivity index (χ0) is 17.0. The van der Waals surface area contributed by atoms with Gasteiger partial charge in [0, 0.05) is 6.20 Å². The van der Waals surface area contributed by atoms with Crippen molar-refractivity contribution in [2.24, 2.45) is 0 Å². The van der Waals surface area contributed by atoms with Gasteiger partial charge in [-0.15, -0.1) is 0 Å². The van der Waals surface area contributed by atoms with Crippen LogP contribution in [0.4, 0.5) is 5.69 Å². The van der Waals surface area contributed by atoms with E-state index in [4.69, 9.17) is 10.00 Å². The summed E-state index contributed by atoms with van der Waals surface area (Å²) in [5.74, 6) is -0.427. The van der Waals surface area contributed by atoms with Crippen molar-refractivity contribution in [3.05, 3.63) is 47.8 Å². The number of carbonyl (C=O) groups is 1. The predicted octanol–water partition coefficient (Wildman–Crippen LogP) is 2.84. The molecule has 1 unspecified atom stereocenters. The highest BCUT2D eigenvalue weighted by Gasteiger charge is 2.23. The molecule has 1 atom stereocenters. The molecule has 0 saturated heterocycles. The second kappa shape index (κ2) is 6.53. The van der Waals surface area contributed by atoms with Gasteiger partial charge in [-0.05, 0) is 38.5 Å². The highest BCUT2D eigenvalue weighted by Crippen LogP contribution is 2.23. The fourth-order valence-corrected chi connectivity index (χ4v) is 2.11. The van der Waals surface area contributed by atoms with Crippen LogP contribution in [-0.4, -0.2) is 22.9 Å². The number of hydrogen-bond donors (Lipinski definition) is 1. The number of esters is 1. The molecule has 1 aromatic heterocycles. The lowest BCUT2D eigenvalue weighted by atomic mass is 10.0. The van der Waals surface area contributed by atoms with Crippen molar-refractivity contribution in [3.8, 4) is 6.07 Å². The van der Waals surface area contributed by atoms with Crippen molar-refractivity contribution in [2.75, 3.05) is 12.4 Å². The first-order valence-electron chi connectivity index (χ1n) is 7.24. The molecule has 0 saturated carbocycles. The third kappa shape index (κ3) is 3.89. The fourth-order valence-electron chi connectivity index (χ4n) is 2.11. The van der Waals surface area contributed by atoms with Crippen LogP contribution in [-0.2, 0) is 15.1 Å². The number of anilines is 1. The molecule has 120 valence electrons. The lowest BCUT2D eigenvalue weighted by Gasteiger charge is -2.19. The smallest absolute Gasteiger partial charge is 0.332 e. The molecule has 2 rings (SSSR count). The second-order valence-corrected chi connectivity index (χ2v) is 6.18. The molecule has 2 aromatic rings. The van der Waals surface area contributed by atoms with Gasteiger partial charge < -0.3 is 10.1 Å². The average molecular weight is 312 g/mol. The van der Waals surface area contributed by atoms with Crippen molar-refractivity contribution in [3.63, 3.8) is 0 Å². The third-order valence-electron chi connectivity index (χ3n) is 3.37. The van der Waals surface area contributed by atoms with E-state index in [9.17, 15) is 4.79 Å². The Morgan fingerprint density at radius 3 is 2.74 bits per heavy atom. The lowest BCUT2D eigenvalue weighted by molar-refractivity contribution is -0.141. The maximum absolute atomic E-state index is 12.1. The molecule has 6 nitrogen and oxygen atoms in total. The van der Waals surface area contributed by atoms with Crippen LogP contribution in [0.5, 0.6) is 0 Å². The molecule has 6 heteroatoms. The Labute approximate surface area is 135 Å². The Bertz CT molecular complexity index is 738. The van der Waals surface area contributed by atoms with Crippen LogP contribution in [0.25, 0.3) is 0 Å². The number of benzene rings is 1. The third-order valence-corrected chi connectivity index (χ3v) is 3.37. The molecule has 0 aliphatic rings. The molecule has 0 radical (unpaired) electrons. The molecule has 0 spiro atoms. The molecular formula is C17H20N4O2. The number of aromatic nitrogens is 2. The fraction of sp³-hybridized carbons (Fsp3) is 0.353. The maximum Gasteiger partial charge on any atom is 0.332 e. The number of carbonyl (C=O) groups excluding carboxylic acids is 1. The van der Waals surface area contributed by atoms with Gasteiger partial charge in [-0.3, -0.25) is 4.68 Å². The zero-order valence-corrected chi connectivity index (χ0v) is 13.7. The Hall–Kier alpha value is -2.81. The van der Waals surface area contributed by atoms with Gasteiger partial charge >= 0.3 is 5.97 Å². The minimum absolute atomic E-state index is 0.151. The molecule has 0 amide bonds. The zero-order valence-electron chi connectivity index (χ0n) is 13.7. The summed E-state index contributed by atoms with van der Waals surface area (Å²) < 4.78 is 6.69. The highest BCUT2D eigenvalue weighted by molar-refractivity contribution is 5.81. The van der Waals surface area contributed by atoms with Crippen LogP contribution >= 0.6 is 0 Å². The molecule has 0 aliphatic carbocycles. The van der Waals surface area contributed by atoms with Gasteiger partial charge in [0.05, 0.1) is 36.2 Å². The van der Waals surface area contributed by atoms with E-state index in [-0.39, 0.29) is 5.54 Å². The Morgan fingerprint density at radius 1 is 1.43 bits per heavy atom. The summed E-state index contributed by atoms with van der Waals surface area (Å²) in [6.45, 7) is 6.12. The maximum atomic E-state index is 12.1. The first kappa shape index (κ1) is 16.6. The van der Waals surface area contributed by atoms with E-state index in [0.717, 1.165) is 0 Å². The predicted molar refractivity (Wildman–Crippen MR) is 86.8 cm³/mol. The van der Waals surface area contributed by atoms with E-state index in [2.05, 4.69) is 16.5 Å². The molecule has 0 bridgehead atoms. The van der Waals surface area contributed by atoms with Crippen LogP contribution < -0.4 is 5.32 Å². The van der Waals surface area contributed by atoms with Crippen molar-refractivity contribution in [1.29, 1.82) is 5.26 Å². The lowest BCUT2D eigenvalue weighted by Crippen LogP contribution is -2.23. The number of nitrogens with one attached hydrogen (secondary N) is 1. The molecular weight excluding hydrogens is 292 g/mol. The standard InChI is InChI=1S/C17H20N4O2/c1-17(2,3)21-11-14(10-19-21)20-15(16(22)23-4)13-7-5-6-12(8-13)9-18/h5-8,10-11,15,20H,1-4H3. The van der Waals surface area contributed by atoms with E-state index in [1.165, 1.54) is 7.11 Å². The van der Waals surface area contributed by atoms with E-state index in [0.29, 0.717) is 16.8 Å². The number of nitrogens with zero attached hydrogens (tertiary/aromatic N) is 3. The van der Waals surface area contributed by atoms with Gasteiger partial charge in [-0.2, -0.15) is 10.4 Å². The van der Waals surface area contributed by atoms with Crippen LogP contribution in [0.15, 0.2) is 36.7 Å². The average Bonchev–Trinajstić information content (AvgIpc) is 3.01. The Kier molecular flexibility index (Phi) is 4.70. The topological polar surface area (TPSA) is 79.9 Å². The number of nitriles is 1. The van der Waals surface area contributed by atoms with Crippen LogP contribution in [0.1, 0.15) is 37.9 Å². The van der Waals surface area contributed by atoms with Crippen LogP contribution in [0.3, 0.4) is 0 Å². The number of methoxy groups -OCH3 is 1. The quantitative estimate of drug-likeness (QED) is 0.878.